The van der Waals surface area contributed by atoms with Crippen LogP contribution in [-0.2, 0) is 6.42 Å². The van der Waals surface area contributed by atoms with Crippen molar-refractivity contribution in [1.82, 2.24) is 15.0 Å². The Morgan fingerprint density at radius 1 is 1.11 bits per heavy atom. The van der Waals surface area contributed by atoms with Gasteiger partial charge in [0.05, 0.1) is 33.2 Å². The summed E-state index contributed by atoms with van der Waals surface area (Å²) < 4.78 is 16.3. The molecular weight excluding hydrogens is 354 g/mol. The highest BCUT2D eigenvalue weighted by Crippen LogP contribution is 2.41. The second-order valence-corrected chi connectivity index (χ2v) is 7.51. The lowest BCUT2D eigenvalue weighted by Gasteiger charge is -2.22. The fraction of sp³-hybridized carbons (Fsp3) is 0.364. The Kier molecular flexibility index (Phi) is 5.58. The van der Waals surface area contributed by atoms with Gasteiger partial charge in [0.25, 0.3) is 0 Å². The standard InChI is InChI=1S/C22H27N3O3/c1-7-8-22(2,3)11-15-12-23-21-19(15)25-16(13-24-21)14-9-17(26-4)20(28-6)18(10-14)27-5/h7,9-10,12-13H,1,8,11H2,2-6H3,(H,23,24). The van der Waals surface area contributed by atoms with Crippen LogP contribution >= 0.6 is 0 Å². The van der Waals surface area contributed by atoms with Gasteiger partial charge in [0.1, 0.15) is 5.52 Å². The van der Waals surface area contributed by atoms with Crippen molar-refractivity contribution >= 4 is 11.2 Å². The molecule has 1 N–H and O–H groups in total. The number of methoxy groups -OCH3 is 3. The highest BCUT2D eigenvalue weighted by Gasteiger charge is 2.21. The Hall–Kier alpha value is -3.02. The van der Waals surface area contributed by atoms with Gasteiger partial charge in [-0.25, -0.2) is 9.97 Å². The summed E-state index contributed by atoms with van der Waals surface area (Å²) in [5.74, 6) is 1.72. The van der Waals surface area contributed by atoms with Crippen molar-refractivity contribution in [3.8, 4) is 28.5 Å². The molecule has 0 radical (unpaired) electrons. The largest absolute Gasteiger partial charge is 0.493 e. The van der Waals surface area contributed by atoms with Crippen molar-refractivity contribution in [3.63, 3.8) is 0 Å². The Morgan fingerprint density at radius 2 is 1.79 bits per heavy atom. The molecule has 6 heteroatoms. The number of fused-ring (bicyclic) bond motifs is 1. The first-order valence-electron chi connectivity index (χ1n) is 9.16. The second-order valence-electron chi connectivity index (χ2n) is 7.51. The van der Waals surface area contributed by atoms with Crippen LogP contribution in [0.2, 0.25) is 0 Å². The van der Waals surface area contributed by atoms with E-state index in [9.17, 15) is 0 Å². The first-order valence-corrected chi connectivity index (χ1v) is 9.16. The van der Waals surface area contributed by atoms with Gasteiger partial charge < -0.3 is 19.2 Å². The van der Waals surface area contributed by atoms with Crippen LogP contribution in [0.4, 0.5) is 0 Å². The number of ether oxygens (including phenoxy) is 3. The minimum absolute atomic E-state index is 0.0983. The van der Waals surface area contributed by atoms with Gasteiger partial charge in [-0.15, -0.1) is 6.58 Å². The predicted octanol–water partition coefficient (Wildman–Crippen LogP) is 4.80. The molecule has 3 rings (SSSR count). The van der Waals surface area contributed by atoms with Crippen LogP contribution in [0.1, 0.15) is 25.8 Å². The topological polar surface area (TPSA) is 69.3 Å². The van der Waals surface area contributed by atoms with Crippen molar-refractivity contribution in [2.75, 3.05) is 21.3 Å². The van der Waals surface area contributed by atoms with Gasteiger partial charge in [0.15, 0.2) is 17.1 Å². The number of aromatic nitrogens is 3. The normalized spacial score (nSPS) is 11.5. The lowest BCUT2D eigenvalue weighted by molar-refractivity contribution is 0.324. The zero-order valence-corrected chi connectivity index (χ0v) is 17.1. The van der Waals surface area contributed by atoms with Crippen LogP contribution in [0, 0.1) is 5.41 Å². The zero-order chi connectivity index (χ0) is 20.3. The third kappa shape index (κ3) is 3.81. The summed E-state index contributed by atoms with van der Waals surface area (Å²) in [6, 6.07) is 3.76. The molecule has 0 fully saturated rings. The van der Waals surface area contributed by atoms with E-state index in [0.29, 0.717) is 17.2 Å². The molecule has 2 heterocycles. The maximum atomic E-state index is 5.46. The second kappa shape index (κ2) is 7.92. The Labute approximate surface area is 165 Å². The van der Waals surface area contributed by atoms with E-state index in [1.165, 1.54) is 0 Å². The summed E-state index contributed by atoms with van der Waals surface area (Å²) in [7, 11) is 4.78. The van der Waals surface area contributed by atoms with Gasteiger partial charge in [-0.3, -0.25) is 0 Å². The monoisotopic (exact) mass is 381 g/mol. The van der Waals surface area contributed by atoms with Crippen LogP contribution in [0.5, 0.6) is 17.2 Å². The molecule has 2 aromatic heterocycles. The third-order valence-corrected chi connectivity index (χ3v) is 4.79. The van der Waals surface area contributed by atoms with Gasteiger partial charge in [0.2, 0.25) is 5.75 Å². The average molecular weight is 381 g/mol. The predicted molar refractivity (Wildman–Crippen MR) is 111 cm³/mol. The number of nitrogens with zero attached hydrogens (tertiary/aromatic N) is 2. The van der Waals surface area contributed by atoms with Gasteiger partial charge in [-0.2, -0.15) is 0 Å². The number of aromatic amines is 1. The molecule has 3 aromatic rings. The maximum absolute atomic E-state index is 5.46. The van der Waals surface area contributed by atoms with E-state index in [1.54, 1.807) is 27.5 Å². The summed E-state index contributed by atoms with van der Waals surface area (Å²) in [6.07, 6.45) is 7.51. The molecular formula is C22H27N3O3. The van der Waals surface area contributed by atoms with Crippen molar-refractivity contribution in [3.05, 3.63) is 42.7 Å². The fourth-order valence-corrected chi connectivity index (χ4v) is 3.42. The van der Waals surface area contributed by atoms with Gasteiger partial charge in [-0.05, 0) is 36.0 Å². The van der Waals surface area contributed by atoms with Crippen LogP contribution < -0.4 is 14.2 Å². The van der Waals surface area contributed by atoms with Crippen molar-refractivity contribution in [2.45, 2.75) is 26.7 Å². The average Bonchev–Trinajstić information content (AvgIpc) is 3.07. The van der Waals surface area contributed by atoms with Crippen molar-refractivity contribution in [1.29, 1.82) is 0 Å². The van der Waals surface area contributed by atoms with Crippen LogP contribution in [0.15, 0.2) is 37.2 Å². The molecule has 0 saturated carbocycles. The Bertz CT molecular complexity index is 967. The van der Waals surface area contributed by atoms with Crippen molar-refractivity contribution in [2.24, 2.45) is 5.41 Å². The van der Waals surface area contributed by atoms with Crippen molar-refractivity contribution < 1.29 is 14.2 Å². The molecule has 0 unspecified atom stereocenters. The molecule has 0 bridgehead atoms. The van der Waals surface area contributed by atoms with E-state index >= 15 is 0 Å². The number of allylic oxidation sites excluding steroid dienone is 1. The summed E-state index contributed by atoms with van der Waals surface area (Å²) in [4.78, 5) is 12.7. The third-order valence-electron chi connectivity index (χ3n) is 4.79. The molecule has 0 aliphatic carbocycles. The SMILES string of the molecule is C=CCC(C)(C)Cc1c[nH]c2ncc(-c3cc(OC)c(OC)c(OC)c3)nc12. The maximum Gasteiger partial charge on any atom is 0.203 e. The lowest BCUT2D eigenvalue weighted by Crippen LogP contribution is -2.13. The minimum Gasteiger partial charge on any atom is -0.493 e. The number of hydrogen-bond donors (Lipinski definition) is 1. The minimum atomic E-state index is 0.0983. The lowest BCUT2D eigenvalue weighted by atomic mass is 9.83. The van der Waals surface area contributed by atoms with Crippen LogP contribution in [-0.4, -0.2) is 36.3 Å². The van der Waals surface area contributed by atoms with E-state index in [2.05, 4.69) is 30.4 Å². The number of rotatable bonds is 8. The first kappa shape index (κ1) is 19.7. The van der Waals surface area contributed by atoms with Crippen LogP contribution in [0.25, 0.3) is 22.4 Å². The van der Waals surface area contributed by atoms with Gasteiger partial charge >= 0.3 is 0 Å². The van der Waals surface area contributed by atoms with E-state index in [0.717, 1.165) is 40.8 Å². The zero-order valence-electron chi connectivity index (χ0n) is 17.1. The molecule has 0 spiro atoms. The Morgan fingerprint density at radius 3 is 2.36 bits per heavy atom. The number of nitrogens with one attached hydrogen (secondary N) is 1. The number of H-pyrrole nitrogens is 1. The highest BCUT2D eigenvalue weighted by molar-refractivity contribution is 5.79. The molecule has 6 nitrogen and oxygen atoms in total. The Balaban J connectivity index is 2.07. The highest BCUT2D eigenvalue weighted by atomic mass is 16.5. The molecule has 0 saturated heterocycles. The quantitative estimate of drug-likeness (QED) is 0.568. The van der Waals surface area contributed by atoms with Gasteiger partial charge in [-0.1, -0.05) is 19.9 Å². The smallest absolute Gasteiger partial charge is 0.203 e. The van der Waals surface area contributed by atoms with E-state index in [1.807, 2.05) is 24.4 Å². The summed E-state index contributed by atoms with van der Waals surface area (Å²) in [5.41, 5.74) is 4.49. The molecule has 0 aliphatic rings. The number of hydrogen-bond acceptors (Lipinski definition) is 5. The molecule has 0 aliphatic heterocycles. The van der Waals surface area contributed by atoms with Crippen LogP contribution in [0.3, 0.4) is 0 Å². The van der Waals surface area contributed by atoms with Gasteiger partial charge in [0, 0.05) is 11.8 Å². The van der Waals surface area contributed by atoms with E-state index < -0.39 is 0 Å². The number of benzene rings is 1. The molecule has 0 atom stereocenters. The molecule has 1 aromatic carbocycles. The first-order chi connectivity index (χ1) is 13.4. The fourth-order valence-electron chi connectivity index (χ4n) is 3.42. The molecule has 0 amide bonds. The summed E-state index contributed by atoms with van der Waals surface area (Å²) in [6.45, 7) is 8.32. The molecule has 148 valence electrons. The molecule has 28 heavy (non-hydrogen) atoms. The van der Waals surface area contributed by atoms with E-state index in [-0.39, 0.29) is 5.41 Å². The summed E-state index contributed by atoms with van der Waals surface area (Å²) >= 11 is 0. The van der Waals surface area contributed by atoms with E-state index in [4.69, 9.17) is 19.2 Å². The summed E-state index contributed by atoms with van der Waals surface area (Å²) in [5, 5.41) is 0.